The van der Waals surface area contributed by atoms with E-state index >= 15 is 0 Å². The summed E-state index contributed by atoms with van der Waals surface area (Å²) in [5.74, 6) is 2.62. The lowest BCUT2D eigenvalue weighted by molar-refractivity contribution is -0.120. The van der Waals surface area contributed by atoms with Crippen molar-refractivity contribution in [3.05, 3.63) is 72.1 Å². The predicted octanol–water partition coefficient (Wildman–Crippen LogP) is 3.68. The molecule has 1 aromatic heterocycles. The molecule has 0 aliphatic rings. The minimum atomic E-state index is -0.0139. The topological polar surface area (TPSA) is 68.0 Å². The third-order valence-electron chi connectivity index (χ3n) is 3.52. The molecule has 1 heterocycles. The van der Waals surface area contributed by atoms with Crippen LogP contribution in [-0.4, -0.2) is 21.8 Å². The molecule has 1 amide bonds. The van der Waals surface area contributed by atoms with E-state index < -0.39 is 0 Å². The van der Waals surface area contributed by atoms with Gasteiger partial charge in [-0.1, -0.05) is 65.8 Å². The van der Waals surface area contributed by atoms with Crippen LogP contribution in [0.2, 0.25) is 0 Å². The summed E-state index contributed by atoms with van der Waals surface area (Å²) in [4.78, 5) is 16.2. The Bertz CT molecular complexity index is 791. The molecule has 0 fully saturated rings. The average molecular weight is 353 g/mol. The number of hydrogen-bond donors (Lipinski definition) is 1. The van der Waals surface area contributed by atoms with Crippen molar-refractivity contribution in [3.63, 3.8) is 0 Å². The van der Waals surface area contributed by atoms with Crippen molar-refractivity contribution >= 4 is 17.7 Å². The van der Waals surface area contributed by atoms with Crippen LogP contribution in [0.15, 0.2) is 65.2 Å². The zero-order valence-electron chi connectivity index (χ0n) is 13.7. The monoisotopic (exact) mass is 353 g/mol. The van der Waals surface area contributed by atoms with E-state index in [2.05, 4.69) is 27.6 Å². The highest BCUT2D eigenvalue weighted by Crippen LogP contribution is 2.15. The Labute approximate surface area is 150 Å². The van der Waals surface area contributed by atoms with Crippen LogP contribution < -0.4 is 5.32 Å². The largest absolute Gasteiger partial charge is 0.347 e. The molecule has 0 spiro atoms. The van der Waals surface area contributed by atoms with E-state index in [0.717, 1.165) is 17.1 Å². The molecule has 3 aromatic rings. The summed E-state index contributed by atoms with van der Waals surface area (Å²) in [5.41, 5.74) is 2.16. The third-order valence-corrected chi connectivity index (χ3v) is 4.55. The van der Waals surface area contributed by atoms with E-state index in [1.807, 2.05) is 48.5 Å². The molecule has 0 unspecified atom stereocenters. The first kappa shape index (κ1) is 17.2. The smallest absolute Gasteiger partial charge is 0.246 e. The van der Waals surface area contributed by atoms with Crippen molar-refractivity contribution in [2.24, 2.45) is 0 Å². The maximum atomic E-state index is 11.9. The first-order valence-electron chi connectivity index (χ1n) is 8.07. The van der Waals surface area contributed by atoms with Crippen LogP contribution in [0.3, 0.4) is 0 Å². The summed E-state index contributed by atoms with van der Waals surface area (Å²) in [5, 5.41) is 6.75. The number of hydrogen-bond acceptors (Lipinski definition) is 5. The number of nitrogens with zero attached hydrogens (tertiary/aromatic N) is 2. The van der Waals surface area contributed by atoms with E-state index in [4.69, 9.17) is 4.52 Å². The molecule has 2 aromatic carbocycles. The lowest BCUT2D eigenvalue weighted by Crippen LogP contribution is -2.23. The highest BCUT2D eigenvalue weighted by atomic mass is 32.2. The third kappa shape index (κ3) is 5.46. The van der Waals surface area contributed by atoms with Crippen molar-refractivity contribution < 1.29 is 9.32 Å². The van der Waals surface area contributed by atoms with Crippen LogP contribution in [0, 0.1) is 0 Å². The molecule has 0 aliphatic heterocycles. The molecule has 0 aliphatic carbocycles. The second-order valence-electron chi connectivity index (χ2n) is 5.44. The van der Waals surface area contributed by atoms with E-state index in [0.29, 0.717) is 18.1 Å². The molecular weight excluding hydrogens is 334 g/mol. The Kier molecular flexibility index (Phi) is 6.23. The van der Waals surface area contributed by atoms with Gasteiger partial charge in [0, 0.05) is 23.5 Å². The van der Waals surface area contributed by atoms with Gasteiger partial charge in [-0.2, -0.15) is 16.7 Å². The Hall–Kier alpha value is -2.60. The van der Waals surface area contributed by atoms with Gasteiger partial charge in [-0.25, -0.2) is 0 Å². The highest BCUT2D eigenvalue weighted by Gasteiger charge is 2.09. The van der Waals surface area contributed by atoms with E-state index in [1.54, 1.807) is 11.8 Å². The van der Waals surface area contributed by atoms with Crippen LogP contribution in [0.1, 0.15) is 17.9 Å². The second-order valence-corrected chi connectivity index (χ2v) is 6.55. The molecule has 0 bridgehead atoms. The maximum Gasteiger partial charge on any atom is 0.246 e. The van der Waals surface area contributed by atoms with Gasteiger partial charge in [-0.3, -0.25) is 4.79 Å². The summed E-state index contributed by atoms with van der Waals surface area (Å²) in [6, 6.07) is 19.8. The van der Waals surface area contributed by atoms with Gasteiger partial charge in [0.1, 0.15) is 0 Å². The molecule has 3 rings (SSSR count). The Morgan fingerprint density at radius 1 is 1.04 bits per heavy atom. The van der Waals surface area contributed by atoms with Crippen molar-refractivity contribution in [3.8, 4) is 11.4 Å². The van der Waals surface area contributed by atoms with Gasteiger partial charge in [0.05, 0.1) is 6.54 Å². The van der Waals surface area contributed by atoms with E-state index in [-0.39, 0.29) is 12.5 Å². The van der Waals surface area contributed by atoms with Crippen LogP contribution in [-0.2, 0) is 17.1 Å². The molecule has 0 saturated heterocycles. The lowest BCUT2D eigenvalue weighted by Gasteiger charge is -2.03. The number of thioether (sulfide) groups is 1. The zero-order valence-corrected chi connectivity index (χ0v) is 14.5. The maximum absolute atomic E-state index is 11.9. The number of amides is 1. The van der Waals surface area contributed by atoms with Gasteiger partial charge in [-0.05, 0) is 5.56 Å². The normalized spacial score (nSPS) is 10.6. The van der Waals surface area contributed by atoms with Crippen LogP contribution >= 0.6 is 11.8 Å². The SMILES string of the molecule is O=C(CCSCc1ccccc1)NCc1nc(-c2ccccc2)no1. The summed E-state index contributed by atoms with van der Waals surface area (Å²) >= 11 is 1.75. The molecule has 0 radical (unpaired) electrons. The van der Waals surface area contributed by atoms with Crippen molar-refractivity contribution in [1.29, 1.82) is 0 Å². The number of aromatic nitrogens is 2. The molecule has 25 heavy (non-hydrogen) atoms. The lowest BCUT2D eigenvalue weighted by atomic mass is 10.2. The van der Waals surface area contributed by atoms with Crippen LogP contribution in [0.5, 0.6) is 0 Å². The molecule has 1 N–H and O–H groups in total. The minimum Gasteiger partial charge on any atom is -0.347 e. The number of rotatable bonds is 8. The minimum absolute atomic E-state index is 0.0139. The number of nitrogens with one attached hydrogen (secondary N) is 1. The predicted molar refractivity (Wildman–Crippen MR) is 98.8 cm³/mol. The fraction of sp³-hybridized carbons (Fsp3) is 0.211. The number of benzene rings is 2. The molecule has 0 saturated carbocycles. The van der Waals surface area contributed by atoms with E-state index in [1.165, 1.54) is 5.56 Å². The first-order valence-corrected chi connectivity index (χ1v) is 9.23. The van der Waals surface area contributed by atoms with Crippen molar-refractivity contribution in [2.75, 3.05) is 5.75 Å². The van der Waals surface area contributed by atoms with Gasteiger partial charge in [0.15, 0.2) is 0 Å². The van der Waals surface area contributed by atoms with Crippen molar-refractivity contribution in [2.45, 2.75) is 18.7 Å². The second kappa shape index (κ2) is 9.03. The molecule has 0 atom stereocenters. The van der Waals surface area contributed by atoms with Gasteiger partial charge in [0.2, 0.25) is 17.6 Å². The van der Waals surface area contributed by atoms with Gasteiger partial charge in [-0.15, -0.1) is 0 Å². The molecule has 128 valence electrons. The standard InChI is InChI=1S/C19H19N3O2S/c23-17(11-12-25-14-15-7-3-1-4-8-15)20-13-18-21-19(22-24-18)16-9-5-2-6-10-16/h1-10H,11-14H2,(H,20,23). The summed E-state index contributed by atoms with van der Waals surface area (Å²) in [6.45, 7) is 0.252. The Morgan fingerprint density at radius 3 is 2.52 bits per heavy atom. The molecular formula is C19H19N3O2S. The van der Waals surface area contributed by atoms with E-state index in [9.17, 15) is 4.79 Å². The van der Waals surface area contributed by atoms with Gasteiger partial charge < -0.3 is 9.84 Å². The Morgan fingerprint density at radius 2 is 1.76 bits per heavy atom. The first-order chi connectivity index (χ1) is 12.3. The summed E-state index contributed by atoms with van der Waals surface area (Å²) in [6.07, 6.45) is 0.469. The summed E-state index contributed by atoms with van der Waals surface area (Å²) in [7, 11) is 0. The Balaban J connectivity index is 1.37. The number of carbonyl (C=O) groups excluding carboxylic acids is 1. The van der Waals surface area contributed by atoms with Crippen LogP contribution in [0.25, 0.3) is 11.4 Å². The zero-order chi connectivity index (χ0) is 17.3. The molecule has 5 nitrogen and oxygen atoms in total. The van der Waals surface area contributed by atoms with Crippen LogP contribution in [0.4, 0.5) is 0 Å². The van der Waals surface area contributed by atoms with Gasteiger partial charge >= 0.3 is 0 Å². The van der Waals surface area contributed by atoms with Crippen molar-refractivity contribution in [1.82, 2.24) is 15.5 Å². The van der Waals surface area contributed by atoms with Gasteiger partial charge in [0.25, 0.3) is 0 Å². The fourth-order valence-electron chi connectivity index (χ4n) is 2.22. The number of carbonyl (C=O) groups is 1. The fourth-order valence-corrected chi connectivity index (χ4v) is 3.13. The highest BCUT2D eigenvalue weighted by molar-refractivity contribution is 7.98. The average Bonchev–Trinajstić information content (AvgIpc) is 3.14. The molecule has 6 heteroatoms. The quantitative estimate of drug-likeness (QED) is 0.626. The summed E-state index contributed by atoms with van der Waals surface area (Å²) < 4.78 is 5.17.